The van der Waals surface area contributed by atoms with Crippen LogP contribution in [-0.4, -0.2) is 26.8 Å². The molecule has 3 aromatic rings. The van der Waals surface area contributed by atoms with Crippen molar-refractivity contribution in [2.75, 3.05) is 10.6 Å². The molecule has 2 atom stereocenters. The van der Waals surface area contributed by atoms with Crippen LogP contribution in [0.25, 0.3) is 0 Å². The molecule has 0 saturated carbocycles. The fourth-order valence-corrected chi connectivity index (χ4v) is 6.53. The van der Waals surface area contributed by atoms with E-state index in [1.807, 2.05) is 0 Å². The van der Waals surface area contributed by atoms with E-state index in [0.717, 1.165) is 49.9 Å². The number of fused-ring (bicyclic) bond motifs is 2. The van der Waals surface area contributed by atoms with Crippen LogP contribution in [-0.2, 0) is 25.7 Å². The van der Waals surface area contributed by atoms with E-state index < -0.39 is 0 Å². The summed E-state index contributed by atoms with van der Waals surface area (Å²) in [5.41, 5.74) is 2.55. The summed E-state index contributed by atoms with van der Waals surface area (Å²) in [4.78, 5) is 41.4. The number of anilines is 2. The maximum Gasteiger partial charge on any atom is 0.276 e. The van der Waals surface area contributed by atoms with Crippen molar-refractivity contribution in [3.05, 3.63) is 50.7 Å². The number of amides is 2. The lowest BCUT2D eigenvalue weighted by atomic mass is 9.93. The predicted octanol–water partition coefficient (Wildman–Crippen LogP) is 4.75. The first kappa shape index (κ1) is 21.2. The molecule has 0 saturated heterocycles. The van der Waals surface area contributed by atoms with Crippen LogP contribution < -0.4 is 10.6 Å². The average molecular weight is 468 g/mol. The first-order valence-corrected chi connectivity index (χ1v) is 12.6. The Balaban J connectivity index is 1.27. The van der Waals surface area contributed by atoms with Gasteiger partial charge in [-0.1, -0.05) is 19.9 Å². The van der Waals surface area contributed by atoms with Gasteiger partial charge in [0.2, 0.25) is 0 Å². The van der Waals surface area contributed by atoms with Crippen molar-refractivity contribution in [2.24, 2.45) is 11.8 Å². The van der Waals surface area contributed by atoms with Gasteiger partial charge in [-0.3, -0.25) is 20.2 Å². The molecule has 0 fully saturated rings. The lowest BCUT2D eigenvalue weighted by molar-refractivity contribution is 0.101. The topological polar surface area (TPSA) is 96.9 Å². The Morgan fingerprint density at radius 3 is 1.75 bits per heavy atom. The summed E-state index contributed by atoms with van der Waals surface area (Å²) >= 11 is 3.06. The van der Waals surface area contributed by atoms with Gasteiger partial charge in [0.1, 0.15) is 11.4 Å². The standard InChI is InChI=1S/C23H25N5O2S2/c1-12-6-8-14-18(10-12)31-22(25-14)27-20(29)16-4-3-5-17(24-16)21(30)28-23-26-15-9-7-13(2)11-19(15)32-23/h3-5,12-13H,6-11H2,1-2H3,(H,25,27,29)(H,26,28,30)/t12-,13-/m0/s1. The van der Waals surface area contributed by atoms with E-state index in [1.165, 1.54) is 32.4 Å². The maximum atomic E-state index is 12.7. The van der Waals surface area contributed by atoms with Crippen LogP contribution in [0.15, 0.2) is 18.2 Å². The molecule has 0 bridgehead atoms. The molecule has 7 nitrogen and oxygen atoms in total. The molecular formula is C23H25N5O2S2. The van der Waals surface area contributed by atoms with Crippen molar-refractivity contribution in [3.63, 3.8) is 0 Å². The number of nitrogens with zero attached hydrogens (tertiary/aromatic N) is 3. The molecule has 5 rings (SSSR count). The molecule has 2 aliphatic carbocycles. The minimum Gasteiger partial charge on any atom is -0.296 e. The van der Waals surface area contributed by atoms with Gasteiger partial charge >= 0.3 is 0 Å². The van der Waals surface area contributed by atoms with E-state index in [4.69, 9.17) is 0 Å². The minimum atomic E-state index is -0.363. The third kappa shape index (κ3) is 4.45. The Bertz CT molecular complexity index is 1100. The number of carbonyl (C=O) groups is 2. The summed E-state index contributed by atoms with van der Waals surface area (Å²) in [7, 11) is 0. The number of nitrogens with one attached hydrogen (secondary N) is 2. The van der Waals surface area contributed by atoms with Crippen LogP contribution in [0.2, 0.25) is 0 Å². The highest BCUT2D eigenvalue weighted by atomic mass is 32.1. The second kappa shape index (κ2) is 8.71. The highest BCUT2D eigenvalue weighted by Gasteiger charge is 2.23. The molecule has 0 radical (unpaired) electrons. The molecule has 2 N–H and O–H groups in total. The largest absolute Gasteiger partial charge is 0.296 e. The number of aryl methyl sites for hydroxylation is 2. The second-order valence-corrected chi connectivity index (χ2v) is 11.0. The van der Waals surface area contributed by atoms with Gasteiger partial charge < -0.3 is 0 Å². The third-order valence-electron chi connectivity index (χ3n) is 6.03. The van der Waals surface area contributed by atoms with Crippen LogP contribution >= 0.6 is 22.7 Å². The predicted molar refractivity (Wildman–Crippen MR) is 127 cm³/mol. The van der Waals surface area contributed by atoms with E-state index in [2.05, 4.69) is 39.4 Å². The molecule has 166 valence electrons. The zero-order valence-electron chi connectivity index (χ0n) is 18.1. The Morgan fingerprint density at radius 2 is 1.28 bits per heavy atom. The van der Waals surface area contributed by atoms with Crippen LogP contribution in [0.3, 0.4) is 0 Å². The van der Waals surface area contributed by atoms with Crippen molar-refractivity contribution in [1.29, 1.82) is 0 Å². The fourth-order valence-electron chi connectivity index (χ4n) is 4.20. The average Bonchev–Trinajstić information content (AvgIpc) is 3.35. The molecule has 0 unspecified atom stereocenters. The molecule has 2 amide bonds. The zero-order valence-corrected chi connectivity index (χ0v) is 19.7. The number of rotatable bonds is 4. The first-order chi connectivity index (χ1) is 15.4. The molecule has 0 aromatic carbocycles. The Labute approximate surface area is 194 Å². The number of aromatic nitrogens is 3. The highest BCUT2D eigenvalue weighted by molar-refractivity contribution is 7.16. The maximum absolute atomic E-state index is 12.7. The van der Waals surface area contributed by atoms with E-state index in [-0.39, 0.29) is 23.2 Å². The van der Waals surface area contributed by atoms with E-state index in [9.17, 15) is 9.59 Å². The van der Waals surface area contributed by atoms with E-state index >= 15 is 0 Å². The monoisotopic (exact) mass is 467 g/mol. The minimum absolute atomic E-state index is 0.187. The summed E-state index contributed by atoms with van der Waals surface area (Å²) in [6.07, 6.45) is 6.19. The van der Waals surface area contributed by atoms with Crippen molar-refractivity contribution in [2.45, 2.75) is 52.4 Å². The SMILES string of the molecule is C[C@H]1CCc2nc(NC(=O)c3cccc(C(=O)Nc4nc5c(s4)C[C@@H](C)CC5)n3)sc2C1. The van der Waals surface area contributed by atoms with Gasteiger partial charge in [-0.25, -0.2) is 15.0 Å². The van der Waals surface area contributed by atoms with Crippen LogP contribution in [0, 0.1) is 11.8 Å². The quantitative estimate of drug-likeness (QED) is 0.577. The number of hydrogen-bond donors (Lipinski definition) is 2. The normalized spacial score (nSPS) is 19.7. The summed E-state index contributed by atoms with van der Waals surface area (Å²) < 4.78 is 0. The van der Waals surface area contributed by atoms with E-state index in [1.54, 1.807) is 18.2 Å². The van der Waals surface area contributed by atoms with Crippen molar-refractivity contribution in [3.8, 4) is 0 Å². The molecule has 32 heavy (non-hydrogen) atoms. The first-order valence-electron chi connectivity index (χ1n) is 11.0. The number of pyridine rings is 1. The van der Waals surface area contributed by atoms with Gasteiger partial charge in [0.15, 0.2) is 10.3 Å². The van der Waals surface area contributed by atoms with Crippen molar-refractivity contribution in [1.82, 2.24) is 15.0 Å². The van der Waals surface area contributed by atoms with Gasteiger partial charge in [0, 0.05) is 9.75 Å². The lowest BCUT2D eigenvalue weighted by Gasteiger charge is -2.15. The van der Waals surface area contributed by atoms with Gasteiger partial charge in [0.25, 0.3) is 11.8 Å². The van der Waals surface area contributed by atoms with Crippen molar-refractivity contribution >= 4 is 44.8 Å². The Hall–Kier alpha value is -2.65. The smallest absolute Gasteiger partial charge is 0.276 e. The Morgan fingerprint density at radius 1 is 0.812 bits per heavy atom. The number of hydrogen-bond acceptors (Lipinski definition) is 7. The number of carbonyl (C=O) groups excluding carboxylic acids is 2. The molecule has 2 aliphatic rings. The van der Waals surface area contributed by atoms with E-state index in [0.29, 0.717) is 22.1 Å². The van der Waals surface area contributed by atoms with Crippen LogP contribution in [0.5, 0.6) is 0 Å². The lowest BCUT2D eigenvalue weighted by Crippen LogP contribution is -2.18. The molecule has 3 aromatic heterocycles. The summed E-state index contributed by atoms with van der Waals surface area (Å²) in [6.45, 7) is 4.48. The van der Waals surface area contributed by atoms with Gasteiger partial charge in [-0.2, -0.15) is 0 Å². The molecule has 0 aliphatic heterocycles. The Kier molecular flexibility index (Phi) is 5.77. The zero-order chi connectivity index (χ0) is 22.2. The fraction of sp³-hybridized carbons (Fsp3) is 0.435. The summed E-state index contributed by atoms with van der Waals surface area (Å²) in [6, 6.07) is 4.87. The molecule has 3 heterocycles. The molecule has 0 spiro atoms. The summed E-state index contributed by atoms with van der Waals surface area (Å²) in [5, 5.41) is 6.88. The highest BCUT2D eigenvalue weighted by Crippen LogP contribution is 2.33. The molecule has 9 heteroatoms. The third-order valence-corrected chi connectivity index (χ3v) is 8.10. The second-order valence-electron chi connectivity index (χ2n) is 8.79. The summed E-state index contributed by atoms with van der Waals surface area (Å²) in [5.74, 6) is 0.570. The van der Waals surface area contributed by atoms with Crippen LogP contribution in [0.1, 0.15) is 68.8 Å². The van der Waals surface area contributed by atoms with Crippen LogP contribution in [0.4, 0.5) is 10.3 Å². The van der Waals surface area contributed by atoms with Gasteiger partial charge in [-0.05, 0) is 62.5 Å². The number of thiazole rings is 2. The van der Waals surface area contributed by atoms with Crippen molar-refractivity contribution < 1.29 is 9.59 Å². The van der Waals surface area contributed by atoms with Gasteiger partial charge in [0.05, 0.1) is 11.4 Å². The van der Waals surface area contributed by atoms with Gasteiger partial charge in [-0.15, -0.1) is 22.7 Å². The molecular weight excluding hydrogens is 442 g/mol.